The molecule has 1 aromatic rings. The van der Waals surface area contributed by atoms with Crippen molar-refractivity contribution in [2.45, 2.75) is 70.3 Å². The molecule has 6 nitrogen and oxygen atoms in total. The first kappa shape index (κ1) is 21.7. The first-order valence-electron chi connectivity index (χ1n) is 12.9. The van der Waals surface area contributed by atoms with Crippen LogP contribution in [-0.2, 0) is 14.3 Å². The minimum atomic E-state index is -0.0576. The molecule has 1 aromatic carbocycles. The van der Waals surface area contributed by atoms with Crippen molar-refractivity contribution >= 4 is 11.7 Å². The van der Waals surface area contributed by atoms with Crippen LogP contribution in [0.1, 0.15) is 46.5 Å². The highest BCUT2D eigenvalue weighted by atomic mass is 16.6. The Morgan fingerprint density at radius 1 is 1.18 bits per heavy atom. The second-order valence-electron chi connectivity index (χ2n) is 11.5. The number of esters is 1. The average Bonchev–Trinajstić information content (AvgIpc) is 3.48. The number of nitrogens with zero attached hydrogens (tertiary/aromatic N) is 2. The number of hydrogen-bond donors (Lipinski definition) is 0. The van der Waals surface area contributed by atoms with Crippen LogP contribution in [-0.4, -0.2) is 68.0 Å². The smallest absolute Gasteiger partial charge is 0.311 e. The molecule has 3 aliphatic heterocycles. The van der Waals surface area contributed by atoms with Crippen molar-refractivity contribution in [2.75, 3.05) is 38.2 Å². The third-order valence-corrected chi connectivity index (χ3v) is 9.76. The zero-order valence-corrected chi connectivity index (χ0v) is 20.5. The van der Waals surface area contributed by atoms with E-state index in [-0.39, 0.29) is 41.0 Å². The topological polar surface area (TPSA) is 54.5 Å². The normalized spacial score (nSPS) is 44.5. The number of hydrogen-bond acceptors (Lipinski definition) is 6. The number of piperazine rings is 1. The molecular weight excluding hydrogens is 416 g/mol. The molecule has 5 fully saturated rings. The summed E-state index contributed by atoms with van der Waals surface area (Å²) in [5.41, 5.74) is 1.37. The van der Waals surface area contributed by atoms with E-state index in [1.807, 2.05) is 12.1 Å². The van der Waals surface area contributed by atoms with Crippen molar-refractivity contribution in [1.29, 1.82) is 0 Å². The predicted octanol–water partition coefficient (Wildman–Crippen LogP) is 3.73. The minimum Gasteiger partial charge on any atom is -0.497 e. The van der Waals surface area contributed by atoms with Crippen molar-refractivity contribution in [1.82, 2.24) is 4.90 Å². The zero-order valence-electron chi connectivity index (χ0n) is 20.5. The van der Waals surface area contributed by atoms with Gasteiger partial charge in [-0.3, -0.25) is 9.69 Å². The van der Waals surface area contributed by atoms with E-state index >= 15 is 0 Å². The molecule has 180 valence electrons. The lowest BCUT2D eigenvalue weighted by Gasteiger charge is -2.49. The fraction of sp³-hybridized carbons (Fsp3) is 0.741. The SMILES string of the molecule is COc1ccc(N2CCN(C[C@H]3C(=O)O[C@@H]4C[C@]5(C)CCC[C@@H](C)[C@]56O[C@H]6[C@H]43)C[C@H]2C)cc1. The molecule has 2 aliphatic carbocycles. The van der Waals surface area contributed by atoms with Crippen LogP contribution in [0.3, 0.4) is 0 Å². The van der Waals surface area contributed by atoms with Crippen molar-refractivity contribution < 1.29 is 19.0 Å². The molecule has 0 N–H and O–H groups in total. The fourth-order valence-corrected chi connectivity index (χ4v) is 8.08. The highest BCUT2D eigenvalue weighted by Crippen LogP contribution is 2.70. The summed E-state index contributed by atoms with van der Waals surface area (Å²) in [7, 11) is 1.70. The Bertz CT molecular complexity index is 921. The molecule has 0 unspecified atom stereocenters. The third-order valence-electron chi connectivity index (χ3n) is 9.76. The maximum Gasteiger partial charge on any atom is 0.311 e. The van der Waals surface area contributed by atoms with Crippen LogP contribution in [0, 0.1) is 23.2 Å². The number of ether oxygens (including phenoxy) is 3. The number of epoxide rings is 1. The summed E-state index contributed by atoms with van der Waals surface area (Å²) in [6.45, 7) is 10.7. The number of methoxy groups -OCH3 is 1. The van der Waals surface area contributed by atoms with Gasteiger partial charge in [-0.25, -0.2) is 0 Å². The molecule has 6 heteroatoms. The lowest BCUT2D eigenvalue weighted by Crippen LogP contribution is -2.56. The van der Waals surface area contributed by atoms with Crippen molar-refractivity contribution in [3.05, 3.63) is 24.3 Å². The highest BCUT2D eigenvalue weighted by Gasteiger charge is 2.78. The van der Waals surface area contributed by atoms with Gasteiger partial charge >= 0.3 is 5.97 Å². The monoisotopic (exact) mass is 454 g/mol. The second kappa shape index (κ2) is 7.61. The molecular formula is C27H38N2O4. The molecule has 3 heterocycles. The quantitative estimate of drug-likeness (QED) is 0.510. The summed E-state index contributed by atoms with van der Waals surface area (Å²) < 4.78 is 18.0. The second-order valence-corrected chi connectivity index (χ2v) is 11.5. The van der Waals surface area contributed by atoms with Crippen molar-refractivity contribution in [2.24, 2.45) is 23.2 Å². The number of anilines is 1. The van der Waals surface area contributed by atoms with E-state index < -0.39 is 0 Å². The molecule has 0 bridgehead atoms. The van der Waals surface area contributed by atoms with Crippen molar-refractivity contribution in [3.63, 3.8) is 0 Å². The molecule has 6 rings (SSSR count). The Balaban J connectivity index is 1.14. The molecule has 2 saturated carbocycles. The first-order chi connectivity index (χ1) is 15.9. The average molecular weight is 455 g/mol. The molecule has 0 amide bonds. The number of fused-ring (bicyclic) bond motifs is 2. The van der Waals surface area contributed by atoms with Gasteiger partial charge < -0.3 is 19.1 Å². The van der Waals surface area contributed by atoms with E-state index in [2.05, 4.69) is 42.7 Å². The van der Waals surface area contributed by atoms with Crippen LogP contribution in [0.5, 0.6) is 5.75 Å². The van der Waals surface area contributed by atoms with Gasteiger partial charge in [0.2, 0.25) is 0 Å². The van der Waals surface area contributed by atoms with Gasteiger partial charge in [0.1, 0.15) is 17.5 Å². The third kappa shape index (κ3) is 3.16. The number of carbonyl (C=O) groups excluding carboxylic acids is 1. The molecule has 33 heavy (non-hydrogen) atoms. The Hall–Kier alpha value is -1.79. The standard InChI is InChI=1S/C27H38N2O4/c1-17-6-5-11-26(3)14-22-23(24-27(17,26)33-24)21(25(30)32-22)16-28-12-13-29(18(2)15-28)19-7-9-20(31-4)10-8-19/h7-10,17-18,21-24H,5-6,11-16H2,1-4H3/t17-,18-,21-,22-,23+,24+,26+,27-/m1/s1. The first-order valence-corrected chi connectivity index (χ1v) is 12.9. The van der Waals surface area contributed by atoms with E-state index in [1.165, 1.54) is 24.9 Å². The minimum absolute atomic E-state index is 0.00999. The van der Waals surface area contributed by atoms with Gasteiger partial charge in [0.05, 0.1) is 19.1 Å². The zero-order chi connectivity index (χ0) is 23.0. The highest BCUT2D eigenvalue weighted by molar-refractivity contribution is 5.76. The van der Waals surface area contributed by atoms with E-state index in [1.54, 1.807) is 7.11 Å². The largest absolute Gasteiger partial charge is 0.497 e. The van der Waals surface area contributed by atoms with Crippen molar-refractivity contribution in [3.8, 4) is 5.75 Å². The van der Waals surface area contributed by atoms with E-state index in [0.29, 0.717) is 12.0 Å². The predicted molar refractivity (Wildman–Crippen MR) is 126 cm³/mol. The van der Waals surface area contributed by atoms with Gasteiger partial charge in [0.15, 0.2) is 0 Å². The number of benzene rings is 1. The molecule has 5 aliphatic rings. The van der Waals surface area contributed by atoms with Crippen LogP contribution in [0.2, 0.25) is 0 Å². The van der Waals surface area contributed by atoms with Gasteiger partial charge in [0.25, 0.3) is 0 Å². The molecule has 1 spiro atoms. The summed E-state index contributed by atoms with van der Waals surface area (Å²) in [6.07, 6.45) is 4.92. The van der Waals surface area contributed by atoms with E-state index in [9.17, 15) is 4.79 Å². The Labute approximate surface area is 197 Å². The van der Waals surface area contributed by atoms with E-state index in [0.717, 1.165) is 38.3 Å². The molecule has 8 atom stereocenters. The van der Waals surface area contributed by atoms with E-state index in [4.69, 9.17) is 14.2 Å². The van der Waals surface area contributed by atoms with Crippen LogP contribution >= 0.6 is 0 Å². The van der Waals surface area contributed by atoms with Gasteiger partial charge in [0, 0.05) is 49.2 Å². The maximum atomic E-state index is 13.1. The summed E-state index contributed by atoms with van der Waals surface area (Å²) in [4.78, 5) is 18.0. The summed E-state index contributed by atoms with van der Waals surface area (Å²) >= 11 is 0. The van der Waals surface area contributed by atoms with Gasteiger partial charge in [-0.1, -0.05) is 20.3 Å². The molecule has 0 aromatic heterocycles. The summed E-state index contributed by atoms with van der Waals surface area (Å²) in [6, 6.07) is 8.71. The van der Waals surface area contributed by atoms with Crippen LogP contribution < -0.4 is 9.64 Å². The lowest BCUT2D eigenvalue weighted by molar-refractivity contribution is -0.146. The maximum absolute atomic E-state index is 13.1. The number of carbonyl (C=O) groups is 1. The molecule has 0 radical (unpaired) electrons. The Morgan fingerprint density at radius 2 is 1.97 bits per heavy atom. The van der Waals surface area contributed by atoms with Gasteiger partial charge in [-0.05, 0) is 56.4 Å². The van der Waals surface area contributed by atoms with Gasteiger partial charge in [-0.2, -0.15) is 0 Å². The number of rotatable bonds is 4. The van der Waals surface area contributed by atoms with Gasteiger partial charge in [-0.15, -0.1) is 0 Å². The van der Waals surface area contributed by atoms with Crippen LogP contribution in [0.4, 0.5) is 5.69 Å². The van der Waals surface area contributed by atoms with Crippen LogP contribution in [0.15, 0.2) is 24.3 Å². The lowest BCUT2D eigenvalue weighted by atomic mass is 9.53. The van der Waals surface area contributed by atoms with Crippen LogP contribution in [0.25, 0.3) is 0 Å². The fourth-order valence-electron chi connectivity index (χ4n) is 8.08. The summed E-state index contributed by atoms with van der Waals surface area (Å²) in [5.74, 6) is 1.64. The molecule has 3 saturated heterocycles. The Kier molecular flexibility index (Phi) is 5.01. The Morgan fingerprint density at radius 3 is 2.70 bits per heavy atom. The summed E-state index contributed by atoms with van der Waals surface area (Å²) in [5, 5.41) is 0.